The molecule has 2 saturated heterocycles. The lowest BCUT2D eigenvalue weighted by Crippen LogP contribution is -2.59. The van der Waals surface area contributed by atoms with Gasteiger partial charge >= 0.3 is 0 Å². The van der Waals surface area contributed by atoms with Gasteiger partial charge in [-0.05, 0) is 86.6 Å². The summed E-state index contributed by atoms with van der Waals surface area (Å²) in [5.74, 6) is 1.64. The van der Waals surface area contributed by atoms with Gasteiger partial charge in [-0.2, -0.15) is 0 Å². The van der Waals surface area contributed by atoms with Gasteiger partial charge in [0.2, 0.25) is 0 Å². The minimum Gasteiger partial charge on any atom is -0.495 e. The molecular weight excluding hydrogens is 479 g/mol. The lowest BCUT2D eigenvalue weighted by Gasteiger charge is -2.55. The summed E-state index contributed by atoms with van der Waals surface area (Å²) < 4.78 is 27.7. The molecule has 7 heteroatoms. The quantitative estimate of drug-likeness (QED) is 0.433. The predicted octanol–water partition coefficient (Wildman–Crippen LogP) is 5.93. The summed E-state index contributed by atoms with van der Waals surface area (Å²) in [4.78, 5) is 11.9. The first-order valence-corrected chi connectivity index (χ1v) is 13.5. The molecule has 38 heavy (non-hydrogen) atoms. The lowest BCUT2D eigenvalue weighted by molar-refractivity contribution is -0.0379. The zero-order valence-corrected chi connectivity index (χ0v) is 22.4. The Kier molecular flexibility index (Phi) is 6.34. The summed E-state index contributed by atoms with van der Waals surface area (Å²) in [7, 11) is 1.70. The molecule has 2 aromatic carbocycles. The van der Waals surface area contributed by atoms with Crippen molar-refractivity contribution in [2.24, 2.45) is 10.4 Å². The van der Waals surface area contributed by atoms with Crippen molar-refractivity contribution in [3.8, 4) is 11.4 Å². The van der Waals surface area contributed by atoms with E-state index in [0.29, 0.717) is 0 Å². The van der Waals surface area contributed by atoms with Crippen molar-refractivity contribution in [2.45, 2.75) is 45.1 Å². The second-order valence-corrected chi connectivity index (χ2v) is 11.2. The molecule has 0 saturated carbocycles. The number of aromatic nitrogens is 2. The van der Waals surface area contributed by atoms with Crippen LogP contribution in [0.4, 0.5) is 4.39 Å². The van der Waals surface area contributed by atoms with Crippen LogP contribution in [0, 0.1) is 18.2 Å². The first-order valence-electron chi connectivity index (χ1n) is 13.5. The van der Waals surface area contributed by atoms with Gasteiger partial charge in [-0.3, -0.25) is 4.99 Å². The maximum absolute atomic E-state index is 13.8. The van der Waals surface area contributed by atoms with Crippen LogP contribution in [0.15, 0.2) is 65.6 Å². The number of ether oxygens (including phenoxy) is 2. The number of piperidine rings is 1. The van der Waals surface area contributed by atoms with Crippen LogP contribution in [0.5, 0.6) is 5.75 Å². The van der Waals surface area contributed by atoms with E-state index in [2.05, 4.69) is 41.1 Å². The molecule has 3 aromatic rings. The third-order valence-electron chi connectivity index (χ3n) is 8.46. The van der Waals surface area contributed by atoms with E-state index < -0.39 is 0 Å². The molecule has 3 aliphatic rings. The third kappa shape index (κ3) is 4.43. The maximum Gasteiger partial charge on any atom is 0.143 e. The summed E-state index contributed by atoms with van der Waals surface area (Å²) in [6, 6.07) is 13.3. The highest BCUT2D eigenvalue weighted by atomic mass is 19.1. The highest BCUT2D eigenvalue weighted by Gasteiger charge is 2.49. The van der Waals surface area contributed by atoms with E-state index in [-0.39, 0.29) is 16.8 Å². The second-order valence-electron chi connectivity index (χ2n) is 11.2. The molecular formula is C31H35FN4O2. The van der Waals surface area contributed by atoms with Gasteiger partial charge in [0.25, 0.3) is 0 Å². The van der Waals surface area contributed by atoms with Crippen LogP contribution < -0.4 is 4.74 Å². The summed E-state index contributed by atoms with van der Waals surface area (Å²) in [5.41, 5.74) is 5.10. The monoisotopic (exact) mass is 514 g/mol. The number of aryl methyl sites for hydroxylation is 1. The van der Waals surface area contributed by atoms with E-state index in [4.69, 9.17) is 14.5 Å². The van der Waals surface area contributed by atoms with Gasteiger partial charge in [0, 0.05) is 31.3 Å². The number of halogens is 1. The fourth-order valence-corrected chi connectivity index (χ4v) is 6.38. The van der Waals surface area contributed by atoms with Crippen LogP contribution in [0.1, 0.15) is 49.4 Å². The predicted molar refractivity (Wildman–Crippen MR) is 147 cm³/mol. The molecule has 198 valence electrons. The molecule has 3 aliphatic heterocycles. The zero-order valence-electron chi connectivity index (χ0n) is 22.4. The molecule has 1 spiro atoms. The molecule has 0 radical (unpaired) electrons. The number of hydrogen-bond acceptors (Lipinski definition) is 5. The minimum absolute atomic E-state index is 0.0279. The van der Waals surface area contributed by atoms with Crippen molar-refractivity contribution in [3.05, 3.63) is 83.2 Å². The average molecular weight is 515 g/mol. The summed E-state index contributed by atoms with van der Waals surface area (Å²) in [5, 5.41) is 0. The standard InChI is InChI=1S/C31H35FN4O2/c1-22-18-35(21-34-22)27-10-5-23(16-28(27)37-3)15-24-17-31(11-4-14-38-20-31)19-36-29(24)33-13-12-30(36,2)25-6-8-26(32)9-7-25/h5-10,15-16,18,21H,4,11-14,17,19-20H2,1-3H3/b24-15+. The Bertz CT molecular complexity index is 1390. The van der Waals surface area contributed by atoms with Gasteiger partial charge < -0.3 is 18.9 Å². The van der Waals surface area contributed by atoms with Gasteiger partial charge in [-0.1, -0.05) is 18.2 Å². The number of nitrogens with zero attached hydrogens (tertiary/aromatic N) is 4. The number of methoxy groups -OCH3 is 1. The molecule has 0 bridgehead atoms. The van der Waals surface area contributed by atoms with E-state index >= 15 is 0 Å². The Morgan fingerprint density at radius 1 is 1.13 bits per heavy atom. The number of amidine groups is 1. The van der Waals surface area contributed by atoms with E-state index in [1.165, 1.54) is 5.57 Å². The Morgan fingerprint density at radius 2 is 1.97 bits per heavy atom. The lowest BCUT2D eigenvalue weighted by atomic mass is 9.70. The molecule has 0 N–H and O–H groups in total. The molecule has 4 heterocycles. The van der Waals surface area contributed by atoms with Crippen LogP contribution in [-0.2, 0) is 10.3 Å². The molecule has 0 aliphatic carbocycles. The smallest absolute Gasteiger partial charge is 0.143 e. The van der Waals surface area contributed by atoms with Crippen LogP contribution >= 0.6 is 0 Å². The fourth-order valence-electron chi connectivity index (χ4n) is 6.38. The molecule has 0 amide bonds. The average Bonchev–Trinajstić information content (AvgIpc) is 3.36. The first-order chi connectivity index (χ1) is 18.4. The highest BCUT2D eigenvalue weighted by Crippen LogP contribution is 2.47. The summed E-state index contributed by atoms with van der Waals surface area (Å²) in [6.45, 7) is 7.45. The van der Waals surface area contributed by atoms with Gasteiger partial charge in [0.15, 0.2) is 0 Å². The van der Waals surface area contributed by atoms with Crippen molar-refractivity contribution in [1.29, 1.82) is 0 Å². The first kappa shape index (κ1) is 24.9. The summed E-state index contributed by atoms with van der Waals surface area (Å²) in [6.07, 6.45) is 10.1. The Morgan fingerprint density at radius 3 is 2.68 bits per heavy atom. The molecule has 2 atom stereocenters. The van der Waals surface area contributed by atoms with Gasteiger partial charge in [0.05, 0.1) is 37.0 Å². The molecule has 2 fully saturated rings. The van der Waals surface area contributed by atoms with Crippen molar-refractivity contribution in [1.82, 2.24) is 14.5 Å². The molecule has 2 unspecified atom stereocenters. The van der Waals surface area contributed by atoms with Crippen molar-refractivity contribution in [2.75, 3.05) is 33.4 Å². The largest absolute Gasteiger partial charge is 0.495 e. The Labute approximate surface area is 223 Å². The zero-order chi connectivity index (χ0) is 26.3. The van der Waals surface area contributed by atoms with Gasteiger partial charge in [0.1, 0.15) is 17.4 Å². The van der Waals surface area contributed by atoms with E-state index in [0.717, 1.165) is 86.1 Å². The SMILES string of the molecule is COc1cc(/C=C2\CC3(CCCOC3)CN3C2=NCCC3(C)c2ccc(F)cc2)ccc1-n1cnc(C)c1. The normalized spacial score (nSPS) is 26.4. The second kappa shape index (κ2) is 9.70. The van der Waals surface area contributed by atoms with Crippen LogP contribution in [-0.4, -0.2) is 53.7 Å². The van der Waals surface area contributed by atoms with E-state index in [9.17, 15) is 4.39 Å². The Balaban J connectivity index is 1.42. The van der Waals surface area contributed by atoms with Crippen molar-refractivity contribution >= 4 is 11.9 Å². The minimum atomic E-state index is -0.268. The molecule has 6 rings (SSSR count). The highest BCUT2D eigenvalue weighted by molar-refractivity contribution is 6.04. The van der Waals surface area contributed by atoms with Crippen LogP contribution in [0.2, 0.25) is 0 Å². The Hall–Kier alpha value is -3.45. The fraction of sp³-hybridized carbons (Fsp3) is 0.419. The maximum atomic E-state index is 13.8. The van der Waals surface area contributed by atoms with E-state index in [1.807, 2.05) is 36.1 Å². The molecule has 6 nitrogen and oxygen atoms in total. The number of hydrogen-bond donors (Lipinski definition) is 0. The van der Waals surface area contributed by atoms with Crippen LogP contribution in [0.3, 0.4) is 0 Å². The third-order valence-corrected chi connectivity index (χ3v) is 8.46. The summed E-state index contributed by atoms with van der Waals surface area (Å²) >= 11 is 0. The van der Waals surface area contributed by atoms with Crippen molar-refractivity contribution in [3.63, 3.8) is 0 Å². The number of fused-ring (bicyclic) bond motifs is 1. The molecule has 1 aromatic heterocycles. The van der Waals surface area contributed by atoms with Crippen LogP contribution in [0.25, 0.3) is 11.8 Å². The van der Waals surface area contributed by atoms with E-state index in [1.54, 1.807) is 19.2 Å². The van der Waals surface area contributed by atoms with Gasteiger partial charge in [-0.25, -0.2) is 9.37 Å². The van der Waals surface area contributed by atoms with Crippen molar-refractivity contribution < 1.29 is 13.9 Å². The van der Waals surface area contributed by atoms with Gasteiger partial charge in [-0.15, -0.1) is 0 Å². The number of benzene rings is 2. The topological polar surface area (TPSA) is 51.9 Å². The number of imidazole rings is 1. The number of rotatable bonds is 4. The number of aliphatic imine (C=N–C) groups is 1.